The Morgan fingerprint density at radius 1 is 1.35 bits per heavy atom. The zero-order chi connectivity index (χ0) is 14.4. The predicted octanol–water partition coefficient (Wildman–Crippen LogP) is 3.72. The van der Waals surface area contributed by atoms with Gasteiger partial charge in [-0.05, 0) is 31.0 Å². The normalized spacial score (nSPS) is 17.4. The average molecular weight is 363 g/mol. The molecule has 20 heavy (non-hydrogen) atoms. The van der Waals surface area contributed by atoms with Crippen molar-refractivity contribution in [1.29, 1.82) is 0 Å². The first-order valence-electron chi connectivity index (χ1n) is 6.95. The van der Waals surface area contributed by atoms with E-state index in [-0.39, 0.29) is 0 Å². The summed E-state index contributed by atoms with van der Waals surface area (Å²) in [5, 5.41) is 1.67. The van der Waals surface area contributed by atoms with Crippen LogP contribution in [0.2, 0.25) is 5.02 Å². The second-order valence-corrected chi connectivity index (χ2v) is 6.22. The van der Waals surface area contributed by atoms with Crippen LogP contribution >= 0.6 is 27.5 Å². The van der Waals surface area contributed by atoms with Crippen LogP contribution in [0, 0.1) is 0 Å². The average Bonchev–Trinajstić information content (AvgIpc) is 2.47. The van der Waals surface area contributed by atoms with Gasteiger partial charge in [-0.1, -0.05) is 27.5 Å². The van der Waals surface area contributed by atoms with Gasteiger partial charge in [-0.2, -0.15) is 0 Å². The van der Waals surface area contributed by atoms with E-state index in [4.69, 9.17) is 21.1 Å². The van der Waals surface area contributed by atoms with Crippen LogP contribution in [0.15, 0.2) is 18.2 Å². The first kappa shape index (κ1) is 16.1. The second-order valence-electron chi connectivity index (χ2n) is 4.99. The minimum atomic E-state index is 0.407. The highest BCUT2D eigenvalue weighted by molar-refractivity contribution is 9.09. The number of hydrogen-bond acceptors (Lipinski definition) is 3. The fourth-order valence-electron chi connectivity index (χ4n) is 2.56. The van der Waals surface area contributed by atoms with E-state index < -0.39 is 0 Å². The van der Waals surface area contributed by atoms with E-state index in [9.17, 15) is 0 Å². The molecule has 0 N–H and O–H groups in total. The molecule has 1 aliphatic rings. The van der Waals surface area contributed by atoms with E-state index in [1.165, 1.54) is 0 Å². The Balaban J connectivity index is 1.87. The summed E-state index contributed by atoms with van der Waals surface area (Å²) in [7, 11) is 1.70. The lowest BCUT2D eigenvalue weighted by molar-refractivity contribution is 0.0140. The van der Waals surface area contributed by atoms with Crippen molar-refractivity contribution >= 4 is 27.5 Å². The summed E-state index contributed by atoms with van der Waals surface area (Å²) in [5.41, 5.74) is 1.15. The fourth-order valence-corrected chi connectivity index (χ4v) is 2.94. The number of likely N-dealkylation sites (tertiary alicyclic amines) is 1. The molecule has 0 aromatic heterocycles. The number of rotatable bonds is 6. The van der Waals surface area contributed by atoms with Gasteiger partial charge in [0.25, 0.3) is 0 Å². The number of benzene rings is 1. The van der Waals surface area contributed by atoms with Gasteiger partial charge in [0.2, 0.25) is 0 Å². The molecule has 0 spiro atoms. The van der Waals surface area contributed by atoms with Crippen molar-refractivity contribution in [2.45, 2.75) is 25.5 Å². The third-order valence-corrected chi connectivity index (χ3v) is 4.16. The molecule has 2 rings (SSSR count). The number of alkyl halides is 1. The Bertz CT molecular complexity index is 422. The van der Waals surface area contributed by atoms with Crippen LogP contribution in [0.4, 0.5) is 0 Å². The van der Waals surface area contributed by atoms with Crippen molar-refractivity contribution in [2.24, 2.45) is 0 Å². The first-order chi connectivity index (χ1) is 9.72. The predicted molar refractivity (Wildman–Crippen MR) is 86.0 cm³/mol. The van der Waals surface area contributed by atoms with E-state index in [2.05, 4.69) is 20.8 Å². The number of methoxy groups -OCH3 is 1. The van der Waals surface area contributed by atoms with Crippen LogP contribution < -0.4 is 4.74 Å². The van der Waals surface area contributed by atoms with Crippen molar-refractivity contribution in [2.75, 3.05) is 32.1 Å². The van der Waals surface area contributed by atoms with Crippen LogP contribution in [0.25, 0.3) is 0 Å². The highest BCUT2D eigenvalue weighted by Gasteiger charge is 2.20. The van der Waals surface area contributed by atoms with Crippen molar-refractivity contribution in [3.8, 4) is 5.75 Å². The zero-order valence-electron chi connectivity index (χ0n) is 11.8. The number of hydrogen-bond donors (Lipinski definition) is 0. The summed E-state index contributed by atoms with van der Waals surface area (Å²) in [6, 6.07) is 5.79. The monoisotopic (exact) mass is 361 g/mol. The summed E-state index contributed by atoms with van der Waals surface area (Å²) in [4.78, 5) is 2.43. The topological polar surface area (TPSA) is 21.7 Å². The van der Waals surface area contributed by atoms with E-state index in [1.807, 2.05) is 18.2 Å². The summed E-state index contributed by atoms with van der Waals surface area (Å²) in [6.45, 7) is 3.80. The van der Waals surface area contributed by atoms with E-state index >= 15 is 0 Å². The van der Waals surface area contributed by atoms with Gasteiger partial charge in [-0.15, -0.1) is 0 Å². The Hall–Kier alpha value is -0.290. The minimum Gasteiger partial charge on any atom is -0.496 e. The lowest BCUT2D eigenvalue weighted by Crippen LogP contribution is -2.36. The molecule has 0 bridgehead atoms. The van der Waals surface area contributed by atoms with Gasteiger partial charge in [0, 0.05) is 35.6 Å². The smallest absolute Gasteiger partial charge is 0.123 e. The third-order valence-electron chi connectivity index (χ3n) is 3.60. The van der Waals surface area contributed by atoms with Crippen LogP contribution in [-0.4, -0.2) is 43.1 Å². The number of nitrogens with zero attached hydrogens (tertiary/aromatic N) is 1. The standard InChI is InChI=1S/C15H21BrClNO2/c1-19-15-3-2-13(17)10-12(15)11-18-7-4-14(5-8-18)20-9-6-16/h2-3,10,14H,4-9,11H2,1H3. The highest BCUT2D eigenvalue weighted by atomic mass is 79.9. The molecule has 1 aliphatic heterocycles. The van der Waals surface area contributed by atoms with Crippen molar-refractivity contribution in [3.63, 3.8) is 0 Å². The molecule has 1 heterocycles. The molecular formula is C15H21BrClNO2. The molecule has 112 valence electrons. The Morgan fingerprint density at radius 3 is 2.75 bits per heavy atom. The van der Waals surface area contributed by atoms with E-state index in [0.29, 0.717) is 6.10 Å². The lowest BCUT2D eigenvalue weighted by Gasteiger charge is -2.32. The molecule has 0 saturated carbocycles. The van der Waals surface area contributed by atoms with Gasteiger partial charge in [-0.25, -0.2) is 0 Å². The van der Waals surface area contributed by atoms with Crippen LogP contribution in [0.5, 0.6) is 5.75 Å². The highest BCUT2D eigenvalue weighted by Crippen LogP contribution is 2.25. The van der Waals surface area contributed by atoms with Gasteiger partial charge < -0.3 is 9.47 Å². The first-order valence-corrected chi connectivity index (χ1v) is 8.45. The maximum Gasteiger partial charge on any atom is 0.123 e. The molecule has 0 aliphatic carbocycles. The lowest BCUT2D eigenvalue weighted by atomic mass is 10.1. The van der Waals surface area contributed by atoms with Crippen LogP contribution in [0.1, 0.15) is 18.4 Å². The third kappa shape index (κ3) is 4.62. The van der Waals surface area contributed by atoms with Crippen molar-refractivity contribution < 1.29 is 9.47 Å². The van der Waals surface area contributed by atoms with Crippen LogP contribution in [0.3, 0.4) is 0 Å². The molecule has 0 unspecified atom stereocenters. The number of piperidine rings is 1. The SMILES string of the molecule is COc1ccc(Cl)cc1CN1CCC(OCCBr)CC1. The Kier molecular flexibility index (Phi) is 6.62. The van der Waals surface area contributed by atoms with Gasteiger partial charge in [-0.3, -0.25) is 4.90 Å². The van der Waals surface area contributed by atoms with Gasteiger partial charge >= 0.3 is 0 Å². The summed E-state index contributed by atoms with van der Waals surface area (Å²) in [5.74, 6) is 0.909. The van der Waals surface area contributed by atoms with Gasteiger partial charge in [0.05, 0.1) is 19.8 Å². The summed E-state index contributed by atoms with van der Waals surface area (Å²) < 4.78 is 11.2. The molecule has 3 nitrogen and oxygen atoms in total. The largest absolute Gasteiger partial charge is 0.496 e. The molecule has 1 aromatic rings. The number of halogens is 2. The molecule has 0 atom stereocenters. The van der Waals surface area contributed by atoms with Gasteiger partial charge in [0.1, 0.15) is 5.75 Å². The zero-order valence-corrected chi connectivity index (χ0v) is 14.1. The second kappa shape index (κ2) is 8.23. The molecule has 1 saturated heterocycles. The quantitative estimate of drug-likeness (QED) is 0.720. The maximum absolute atomic E-state index is 6.07. The Labute approximate surface area is 134 Å². The molecular weight excluding hydrogens is 342 g/mol. The van der Waals surface area contributed by atoms with E-state index in [0.717, 1.165) is 60.7 Å². The Morgan fingerprint density at radius 2 is 2.10 bits per heavy atom. The molecule has 1 fully saturated rings. The molecule has 1 aromatic carbocycles. The minimum absolute atomic E-state index is 0.407. The van der Waals surface area contributed by atoms with Gasteiger partial charge in [0.15, 0.2) is 0 Å². The van der Waals surface area contributed by atoms with Crippen molar-refractivity contribution in [1.82, 2.24) is 4.90 Å². The molecule has 0 amide bonds. The van der Waals surface area contributed by atoms with Crippen LogP contribution in [-0.2, 0) is 11.3 Å². The molecule has 5 heteroatoms. The fraction of sp³-hybridized carbons (Fsp3) is 0.600. The van der Waals surface area contributed by atoms with E-state index in [1.54, 1.807) is 7.11 Å². The summed E-state index contributed by atoms with van der Waals surface area (Å²) >= 11 is 9.47. The number of ether oxygens (including phenoxy) is 2. The molecule has 0 radical (unpaired) electrons. The van der Waals surface area contributed by atoms with Crippen molar-refractivity contribution in [3.05, 3.63) is 28.8 Å². The maximum atomic E-state index is 6.07. The summed E-state index contributed by atoms with van der Waals surface area (Å²) in [6.07, 6.45) is 2.59.